The van der Waals surface area contributed by atoms with Gasteiger partial charge in [0.25, 0.3) is 0 Å². The van der Waals surface area contributed by atoms with E-state index in [2.05, 4.69) is 4.90 Å². The summed E-state index contributed by atoms with van der Waals surface area (Å²) in [5.74, 6) is -0.432. The summed E-state index contributed by atoms with van der Waals surface area (Å²) in [6.45, 7) is 1.66. The molecule has 26 heavy (non-hydrogen) atoms. The summed E-state index contributed by atoms with van der Waals surface area (Å²) >= 11 is 0. The molecule has 7 heteroatoms. The van der Waals surface area contributed by atoms with Crippen molar-refractivity contribution in [2.24, 2.45) is 11.5 Å². The Bertz CT molecular complexity index is 837. The van der Waals surface area contributed by atoms with E-state index in [-0.39, 0.29) is 6.54 Å². The van der Waals surface area contributed by atoms with Crippen LogP contribution < -0.4 is 16.4 Å². The fourth-order valence-electron chi connectivity index (χ4n) is 3.29. The van der Waals surface area contributed by atoms with Gasteiger partial charge in [-0.3, -0.25) is 10.0 Å². The molecule has 0 saturated heterocycles. The molecular formula is C19H22N4O3. The Morgan fingerprint density at radius 2 is 1.92 bits per heavy atom. The van der Waals surface area contributed by atoms with E-state index < -0.39 is 11.9 Å². The fraction of sp³-hybridized carbons (Fsp3) is 0.263. The minimum atomic E-state index is -0.876. The van der Waals surface area contributed by atoms with Crippen LogP contribution in [0.4, 0.5) is 10.5 Å². The second-order valence-electron chi connectivity index (χ2n) is 6.45. The lowest BCUT2D eigenvalue weighted by Gasteiger charge is -2.32. The zero-order valence-electron chi connectivity index (χ0n) is 14.4. The molecule has 136 valence electrons. The molecule has 0 saturated carbocycles. The van der Waals surface area contributed by atoms with Gasteiger partial charge in [-0.05, 0) is 47.7 Å². The SMILES string of the molecule is NC(=O)c1cccc(CN2CCCc3cc(CN(O)C(N)=O)ccc32)c1. The Labute approximate surface area is 151 Å². The molecule has 3 amide bonds. The van der Waals surface area contributed by atoms with E-state index in [4.69, 9.17) is 11.5 Å². The molecule has 0 unspecified atom stereocenters. The predicted molar refractivity (Wildman–Crippen MR) is 97.7 cm³/mol. The summed E-state index contributed by atoms with van der Waals surface area (Å²) in [5, 5.41) is 10.0. The maximum absolute atomic E-state index is 11.4. The van der Waals surface area contributed by atoms with Gasteiger partial charge in [-0.1, -0.05) is 24.3 Å². The molecule has 0 aliphatic carbocycles. The number of primary amides is 2. The molecule has 2 aromatic rings. The highest BCUT2D eigenvalue weighted by Gasteiger charge is 2.18. The van der Waals surface area contributed by atoms with Crippen LogP contribution in [0.1, 0.15) is 33.5 Å². The molecule has 0 bridgehead atoms. The van der Waals surface area contributed by atoms with Gasteiger partial charge in [-0.2, -0.15) is 0 Å². The summed E-state index contributed by atoms with van der Waals surface area (Å²) in [7, 11) is 0. The molecular weight excluding hydrogens is 332 g/mol. The second-order valence-corrected chi connectivity index (χ2v) is 6.45. The third kappa shape index (κ3) is 3.94. The molecule has 2 aromatic carbocycles. The summed E-state index contributed by atoms with van der Waals surface area (Å²) in [6.07, 6.45) is 1.94. The first-order valence-corrected chi connectivity index (χ1v) is 8.45. The van der Waals surface area contributed by atoms with Crippen molar-refractivity contribution in [1.82, 2.24) is 5.06 Å². The normalized spacial score (nSPS) is 13.2. The third-order valence-electron chi connectivity index (χ3n) is 4.53. The van der Waals surface area contributed by atoms with Gasteiger partial charge in [-0.25, -0.2) is 9.86 Å². The highest BCUT2D eigenvalue weighted by molar-refractivity contribution is 5.92. The topological polar surface area (TPSA) is 113 Å². The highest BCUT2D eigenvalue weighted by atomic mass is 16.5. The van der Waals surface area contributed by atoms with Crippen molar-refractivity contribution in [3.05, 3.63) is 64.7 Å². The number of hydroxylamine groups is 2. The number of rotatable bonds is 5. The van der Waals surface area contributed by atoms with E-state index in [0.717, 1.165) is 41.8 Å². The largest absolute Gasteiger partial charge is 0.367 e. The van der Waals surface area contributed by atoms with E-state index in [1.54, 1.807) is 6.07 Å². The third-order valence-corrected chi connectivity index (χ3v) is 4.53. The molecule has 0 spiro atoms. The Morgan fingerprint density at radius 3 is 2.65 bits per heavy atom. The van der Waals surface area contributed by atoms with Crippen molar-refractivity contribution in [3.63, 3.8) is 0 Å². The standard InChI is InChI=1S/C19H22N4O3/c20-18(24)16-4-1-3-13(10-16)11-22-8-2-5-15-9-14(6-7-17(15)22)12-23(26)19(21)25/h1,3-4,6-7,9-10,26H,2,5,8,11-12H2,(H2,20,24)(H2,21,25). The maximum atomic E-state index is 11.4. The lowest BCUT2D eigenvalue weighted by Crippen LogP contribution is -2.32. The highest BCUT2D eigenvalue weighted by Crippen LogP contribution is 2.29. The second kappa shape index (κ2) is 7.45. The number of hydrogen-bond donors (Lipinski definition) is 3. The van der Waals surface area contributed by atoms with Crippen molar-refractivity contribution >= 4 is 17.6 Å². The van der Waals surface area contributed by atoms with Crippen molar-refractivity contribution < 1.29 is 14.8 Å². The monoisotopic (exact) mass is 354 g/mol. The first kappa shape index (κ1) is 17.8. The molecule has 0 aromatic heterocycles. The van der Waals surface area contributed by atoms with Gasteiger partial charge in [0.05, 0.1) is 6.54 Å². The Kier molecular flexibility index (Phi) is 5.09. The van der Waals surface area contributed by atoms with Gasteiger partial charge in [0.15, 0.2) is 0 Å². The molecule has 0 radical (unpaired) electrons. The number of nitrogens with zero attached hydrogens (tertiary/aromatic N) is 2. The van der Waals surface area contributed by atoms with Gasteiger partial charge in [-0.15, -0.1) is 0 Å². The van der Waals surface area contributed by atoms with Gasteiger partial charge in [0.1, 0.15) is 0 Å². The first-order valence-electron chi connectivity index (χ1n) is 8.45. The maximum Gasteiger partial charge on any atom is 0.338 e. The average molecular weight is 354 g/mol. The smallest absolute Gasteiger partial charge is 0.338 e. The molecule has 3 rings (SSSR count). The van der Waals surface area contributed by atoms with Gasteiger partial charge >= 0.3 is 6.03 Å². The fourth-order valence-corrected chi connectivity index (χ4v) is 3.29. The summed E-state index contributed by atoms with van der Waals surface area (Å²) in [4.78, 5) is 24.6. The Balaban J connectivity index is 1.79. The van der Waals surface area contributed by atoms with Crippen molar-refractivity contribution in [3.8, 4) is 0 Å². The quantitative estimate of drug-likeness (QED) is 0.563. The molecule has 0 fully saturated rings. The van der Waals surface area contributed by atoms with Crippen molar-refractivity contribution in [2.75, 3.05) is 11.4 Å². The van der Waals surface area contributed by atoms with Gasteiger partial charge in [0.2, 0.25) is 5.91 Å². The number of anilines is 1. The Morgan fingerprint density at radius 1 is 1.12 bits per heavy atom. The number of fused-ring (bicyclic) bond motifs is 1. The molecule has 1 aliphatic rings. The van der Waals surface area contributed by atoms with Crippen LogP contribution in [0.5, 0.6) is 0 Å². The first-order chi connectivity index (χ1) is 12.4. The van der Waals surface area contributed by atoms with E-state index in [0.29, 0.717) is 17.2 Å². The lowest BCUT2D eigenvalue weighted by molar-refractivity contribution is -0.0470. The minimum Gasteiger partial charge on any atom is -0.367 e. The number of carbonyl (C=O) groups is 2. The molecule has 7 nitrogen and oxygen atoms in total. The molecule has 1 aliphatic heterocycles. The van der Waals surface area contributed by atoms with E-state index in [9.17, 15) is 14.8 Å². The average Bonchev–Trinajstić information content (AvgIpc) is 2.62. The number of carbonyl (C=O) groups excluding carboxylic acids is 2. The van der Waals surface area contributed by atoms with E-state index in [1.807, 2.05) is 36.4 Å². The molecule has 0 atom stereocenters. The van der Waals surface area contributed by atoms with Crippen LogP contribution in [0.2, 0.25) is 0 Å². The van der Waals surface area contributed by atoms with Crippen LogP contribution in [0.25, 0.3) is 0 Å². The van der Waals surface area contributed by atoms with Crippen LogP contribution >= 0.6 is 0 Å². The lowest BCUT2D eigenvalue weighted by atomic mass is 9.98. The molecule has 1 heterocycles. The summed E-state index contributed by atoms with van der Waals surface area (Å²) < 4.78 is 0. The number of nitrogens with two attached hydrogens (primary N) is 2. The Hall–Kier alpha value is -3.06. The van der Waals surface area contributed by atoms with Crippen LogP contribution in [-0.2, 0) is 19.5 Å². The number of hydrogen-bond acceptors (Lipinski definition) is 4. The van der Waals surface area contributed by atoms with Crippen molar-refractivity contribution in [2.45, 2.75) is 25.9 Å². The van der Waals surface area contributed by atoms with Crippen LogP contribution in [0.15, 0.2) is 42.5 Å². The minimum absolute atomic E-state index is 0.0588. The van der Waals surface area contributed by atoms with Crippen molar-refractivity contribution in [1.29, 1.82) is 0 Å². The summed E-state index contributed by atoms with van der Waals surface area (Å²) in [5.41, 5.74) is 15.0. The van der Waals surface area contributed by atoms with Crippen LogP contribution in [-0.4, -0.2) is 28.8 Å². The number of aryl methyl sites for hydroxylation is 1. The predicted octanol–water partition coefficient (Wildman–Crippen LogP) is 2.01. The van der Waals surface area contributed by atoms with Crippen LogP contribution in [0, 0.1) is 0 Å². The van der Waals surface area contributed by atoms with E-state index in [1.165, 1.54) is 0 Å². The van der Waals surface area contributed by atoms with Gasteiger partial charge in [0, 0.05) is 24.3 Å². The number of urea groups is 1. The number of amides is 3. The van der Waals surface area contributed by atoms with Crippen LogP contribution in [0.3, 0.4) is 0 Å². The summed E-state index contributed by atoms with van der Waals surface area (Å²) in [6, 6.07) is 12.3. The molecule has 5 N–H and O–H groups in total. The zero-order valence-corrected chi connectivity index (χ0v) is 14.4. The van der Waals surface area contributed by atoms with E-state index >= 15 is 0 Å². The number of benzene rings is 2. The zero-order chi connectivity index (χ0) is 18.7. The van der Waals surface area contributed by atoms with Gasteiger partial charge < -0.3 is 16.4 Å².